The first-order valence-electron chi connectivity index (χ1n) is 6.09. The maximum atomic E-state index is 11.9. The minimum absolute atomic E-state index is 0.106. The lowest BCUT2D eigenvalue weighted by molar-refractivity contribution is -0.145. The summed E-state index contributed by atoms with van der Waals surface area (Å²) in [5, 5.41) is 0. The lowest BCUT2D eigenvalue weighted by atomic mass is 9.89. The molecule has 0 N–H and O–H groups in total. The van der Waals surface area contributed by atoms with Crippen molar-refractivity contribution in [3.63, 3.8) is 0 Å². The van der Waals surface area contributed by atoms with Crippen LogP contribution < -0.4 is 0 Å². The SMILES string of the molecule is CO[B]N1C[C@@H](C(=O)OC)[C@H](c2ccccc2Br)C1. The van der Waals surface area contributed by atoms with Gasteiger partial charge < -0.3 is 14.2 Å². The summed E-state index contributed by atoms with van der Waals surface area (Å²) in [4.78, 5) is 13.9. The van der Waals surface area contributed by atoms with Gasteiger partial charge in [0.25, 0.3) is 0 Å². The molecular weight excluding hydrogens is 309 g/mol. The van der Waals surface area contributed by atoms with E-state index < -0.39 is 0 Å². The fourth-order valence-corrected chi connectivity index (χ4v) is 3.13. The highest BCUT2D eigenvalue weighted by Crippen LogP contribution is 2.36. The van der Waals surface area contributed by atoms with Crippen molar-refractivity contribution in [3.8, 4) is 0 Å². The van der Waals surface area contributed by atoms with Crippen LogP contribution in [0.2, 0.25) is 0 Å². The van der Waals surface area contributed by atoms with E-state index in [1.54, 1.807) is 14.7 Å². The molecule has 1 aromatic rings. The molecule has 1 fully saturated rings. The number of benzene rings is 1. The number of hydrogen-bond acceptors (Lipinski definition) is 4. The number of hydrogen-bond donors (Lipinski definition) is 0. The molecule has 0 saturated carbocycles. The van der Waals surface area contributed by atoms with E-state index in [1.807, 2.05) is 29.1 Å². The highest BCUT2D eigenvalue weighted by molar-refractivity contribution is 9.10. The molecule has 1 aliphatic heterocycles. The Morgan fingerprint density at radius 3 is 2.74 bits per heavy atom. The van der Waals surface area contributed by atoms with Crippen molar-refractivity contribution >= 4 is 29.5 Å². The van der Waals surface area contributed by atoms with Crippen LogP contribution >= 0.6 is 15.9 Å². The molecule has 101 valence electrons. The number of carbonyl (C=O) groups is 1. The van der Waals surface area contributed by atoms with Gasteiger partial charge in [-0.15, -0.1) is 0 Å². The van der Waals surface area contributed by atoms with Gasteiger partial charge in [0, 0.05) is 24.0 Å². The Morgan fingerprint density at radius 1 is 1.37 bits per heavy atom. The van der Waals surface area contributed by atoms with E-state index in [4.69, 9.17) is 9.39 Å². The van der Waals surface area contributed by atoms with Crippen LogP contribution in [0.15, 0.2) is 28.7 Å². The Labute approximate surface area is 122 Å². The van der Waals surface area contributed by atoms with Gasteiger partial charge in [0.2, 0.25) is 0 Å². The molecule has 0 aliphatic carbocycles. The quantitative estimate of drug-likeness (QED) is 0.625. The monoisotopic (exact) mass is 324 g/mol. The molecule has 0 unspecified atom stereocenters. The fourth-order valence-electron chi connectivity index (χ4n) is 2.55. The normalized spacial score (nSPS) is 23.3. The minimum atomic E-state index is -0.173. The van der Waals surface area contributed by atoms with E-state index in [9.17, 15) is 4.79 Å². The Hall–Kier alpha value is -0.845. The van der Waals surface area contributed by atoms with Crippen LogP contribution in [0, 0.1) is 5.92 Å². The lowest BCUT2D eigenvalue weighted by Crippen LogP contribution is -2.28. The first kappa shape index (κ1) is 14.6. The van der Waals surface area contributed by atoms with Gasteiger partial charge in [-0.3, -0.25) is 4.79 Å². The Balaban J connectivity index is 2.25. The highest BCUT2D eigenvalue weighted by Gasteiger charge is 2.40. The summed E-state index contributed by atoms with van der Waals surface area (Å²) in [5.41, 5.74) is 1.13. The summed E-state index contributed by atoms with van der Waals surface area (Å²) >= 11 is 3.55. The van der Waals surface area contributed by atoms with Crippen molar-refractivity contribution in [2.75, 3.05) is 27.3 Å². The van der Waals surface area contributed by atoms with Crippen LogP contribution in [-0.2, 0) is 14.2 Å². The van der Waals surface area contributed by atoms with E-state index in [0.29, 0.717) is 6.54 Å². The molecular formula is C13H16BBrNO3. The van der Waals surface area contributed by atoms with Gasteiger partial charge in [-0.05, 0) is 18.2 Å². The molecule has 1 saturated heterocycles. The average molecular weight is 325 g/mol. The zero-order valence-electron chi connectivity index (χ0n) is 11.0. The van der Waals surface area contributed by atoms with Gasteiger partial charge in [-0.25, -0.2) is 0 Å². The highest BCUT2D eigenvalue weighted by atomic mass is 79.9. The molecule has 0 aromatic heterocycles. The summed E-state index contributed by atoms with van der Waals surface area (Å²) in [7, 11) is 4.70. The molecule has 2 atom stereocenters. The second kappa shape index (κ2) is 6.54. The summed E-state index contributed by atoms with van der Waals surface area (Å²) in [6, 6.07) is 7.99. The summed E-state index contributed by atoms with van der Waals surface area (Å²) in [6.45, 7) is 1.36. The molecule has 2 rings (SSSR count). The van der Waals surface area contributed by atoms with Crippen LogP contribution in [0.4, 0.5) is 0 Å². The third-order valence-electron chi connectivity index (χ3n) is 3.41. The predicted octanol–water partition coefficient (Wildman–Crippen LogP) is 1.82. The lowest BCUT2D eigenvalue weighted by Gasteiger charge is -2.18. The first-order chi connectivity index (χ1) is 9.17. The van der Waals surface area contributed by atoms with Gasteiger partial charge in [0.1, 0.15) is 0 Å². The van der Waals surface area contributed by atoms with Crippen molar-refractivity contribution in [1.29, 1.82) is 0 Å². The summed E-state index contributed by atoms with van der Waals surface area (Å²) in [6.07, 6.45) is 0. The molecule has 1 radical (unpaired) electrons. The van der Waals surface area contributed by atoms with Crippen molar-refractivity contribution < 1.29 is 14.2 Å². The number of carbonyl (C=O) groups excluding carboxylic acids is 1. The zero-order chi connectivity index (χ0) is 13.8. The van der Waals surface area contributed by atoms with Gasteiger partial charge in [0.15, 0.2) is 0 Å². The third-order valence-corrected chi connectivity index (χ3v) is 4.13. The smallest absolute Gasteiger partial charge is 0.398 e. The number of ether oxygens (including phenoxy) is 1. The molecule has 1 aliphatic rings. The van der Waals surface area contributed by atoms with Crippen molar-refractivity contribution in [2.45, 2.75) is 5.92 Å². The maximum absolute atomic E-state index is 11.9. The predicted molar refractivity (Wildman–Crippen MR) is 76.7 cm³/mol. The summed E-state index contributed by atoms with van der Waals surface area (Å²) in [5.74, 6) is -0.239. The van der Waals surface area contributed by atoms with Gasteiger partial charge in [-0.2, -0.15) is 0 Å². The number of halogens is 1. The second-order valence-electron chi connectivity index (χ2n) is 4.55. The number of rotatable bonds is 4. The molecule has 1 heterocycles. The van der Waals surface area contributed by atoms with Gasteiger partial charge in [0.05, 0.1) is 13.0 Å². The number of methoxy groups -OCH3 is 1. The van der Waals surface area contributed by atoms with Gasteiger partial charge in [-0.1, -0.05) is 34.1 Å². The van der Waals surface area contributed by atoms with Gasteiger partial charge >= 0.3 is 13.6 Å². The molecule has 6 heteroatoms. The summed E-state index contributed by atoms with van der Waals surface area (Å²) < 4.78 is 11.0. The van der Waals surface area contributed by atoms with E-state index in [2.05, 4.69) is 15.9 Å². The largest absolute Gasteiger partial charge is 0.469 e. The first-order valence-corrected chi connectivity index (χ1v) is 6.89. The number of nitrogens with zero attached hydrogens (tertiary/aromatic N) is 1. The van der Waals surface area contributed by atoms with Crippen LogP contribution in [-0.4, -0.2) is 45.7 Å². The van der Waals surface area contributed by atoms with Crippen molar-refractivity contribution in [3.05, 3.63) is 34.3 Å². The molecule has 0 bridgehead atoms. The Kier molecular flexibility index (Phi) is 5.02. The fraction of sp³-hybridized carbons (Fsp3) is 0.462. The van der Waals surface area contributed by atoms with Crippen LogP contribution in [0.3, 0.4) is 0 Å². The molecule has 1 aromatic carbocycles. The van der Waals surface area contributed by atoms with E-state index in [1.165, 1.54) is 7.11 Å². The van der Waals surface area contributed by atoms with Crippen molar-refractivity contribution in [2.24, 2.45) is 5.92 Å². The van der Waals surface area contributed by atoms with E-state index in [0.717, 1.165) is 16.6 Å². The van der Waals surface area contributed by atoms with E-state index >= 15 is 0 Å². The molecule has 0 spiro atoms. The second-order valence-corrected chi connectivity index (χ2v) is 5.41. The molecule has 19 heavy (non-hydrogen) atoms. The molecule has 4 nitrogen and oxygen atoms in total. The standard InChI is InChI=1S/C13H16BBrNO3/c1-18-13(17)11-8-16(14-19-2)7-10(11)9-5-3-4-6-12(9)15/h3-6,10-11H,7-8H2,1-2H3/t10-,11+/m0/s1. The van der Waals surface area contributed by atoms with Crippen molar-refractivity contribution in [1.82, 2.24) is 4.81 Å². The van der Waals surface area contributed by atoms with Crippen LogP contribution in [0.1, 0.15) is 11.5 Å². The molecule has 0 amide bonds. The third kappa shape index (κ3) is 3.19. The Morgan fingerprint density at radius 2 is 2.11 bits per heavy atom. The minimum Gasteiger partial charge on any atom is -0.469 e. The van der Waals surface area contributed by atoms with Crippen LogP contribution in [0.5, 0.6) is 0 Å². The van der Waals surface area contributed by atoms with E-state index in [-0.39, 0.29) is 17.8 Å². The maximum Gasteiger partial charge on any atom is 0.398 e. The Bertz CT molecular complexity index is 457. The van der Waals surface area contributed by atoms with Crippen LogP contribution in [0.25, 0.3) is 0 Å². The number of esters is 1. The topological polar surface area (TPSA) is 38.8 Å². The zero-order valence-corrected chi connectivity index (χ0v) is 12.6. The average Bonchev–Trinajstić information content (AvgIpc) is 2.82.